The Morgan fingerprint density at radius 3 is 2.67 bits per heavy atom. The van der Waals surface area contributed by atoms with Crippen molar-refractivity contribution >= 4 is 17.3 Å². The molecule has 0 saturated carbocycles. The van der Waals surface area contributed by atoms with Gasteiger partial charge in [-0.25, -0.2) is 0 Å². The number of carbonyl (C=O) groups is 1. The lowest BCUT2D eigenvalue weighted by Crippen LogP contribution is -2.13. The second kappa shape index (κ2) is 7.56. The molecule has 0 aliphatic rings. The number of aromatic nitrogens is 2. The van der Waals surface area contributed by atoms with Gasteiger partial charge >= 0.3 is 0 Å². The number of hydrogen-bond acceptors (Lipinski definition) is 6. The van der Waals surface area contributed by atoms with E-state index in [9.17, 15) is 14.9 Å². The van der Waals surface area contributed by atoms with Gasteiger partial charge in [0.05, 0.1) is 36.6 Å². The van der Waals surface area contributed by atoms with Crippen molar-refractivity contribution in [1.29, 1.82) is 0 Å². The number of H-pyrrole nitrogens is 1. The largest absolute Gasteiger partial charge is 0.497 e. The van der Waals surface area contributed by atoms with Crippen LogP contribution in [0.2, 0.25) is 0 Å². The number of rotatable bonds is 6. The Kier molecular flexibility index (Phi) is 5.02. The van der Waals surface area contributed by atoms with Crippen LogP contribution in [0.25, 0.3) is 11.3 Å². The highest BCUT2D eigenvalue weighted by molar-refractivity contribution is 6.04. The maximum absolute atomic E-state index is 12.5. The van der Waals surface area contributed by atoms with Crippen LogP contribution in [0.5, 0.6) is 11.5 Å². The summed E-state index contributed by atoms with van der Waals surface area (Å²) in [5, 5.41) is 20.3. The molecule has 1 aromatic heterocycles. The van der Waals surface area contributed by atoms with E-state index in [0.717, 1.165) is 5.56 Å². The molecule has 0 saturated heterocycles. The van der Waals surface area contributed by atoms with Crippen LogP contribution in [-0.4, -0.2) is 35.2 Å². The molecule has 0 aliphatic carbocycles. The van der Waals surface area contributed by atoms with Crippen LogP contribution in [-0.2, 0) is 0 Å². The summed E-state index contributed by atoms with van der Waals surface area (Å²) in [5.41, 5.74) is 1.78. The molecule has 138 valence electrons. The highest BCUT2D eigenvalue weighted by atomic mass is 16.6. The lowest BCUT2D eigenvalue weighted by molar-refractivity contribution is -0.384. The number of nitro groups is 1. The molecule has 2 N–H and O–H groups in total. The summed E-state index contributed by atoms with van der Waals surface area (Å²) >= 11 is 0. The molecule has 3 aromatic rings. The average molecular weight is 368 g/mol. The number of hydrogen-bond donors (Lipinski definition) is 2. The first-order valence-corrected chi connectivity index (χ1v) is 7.85. The number of nitro benzene ring substituents is 1. The Balaban J connectivity index is 1.81. The van der Waals surface area contributed by atoms with Crippen LogP contribution in [0, 0.1) is 10.1 Å². The predicted molar refractivity (Wildman–Crippen MR) is 98.2 cm³/mol. The lowest BCUT2D eigenvalue weighted by atomic mass is 10.1. The quantitative estimate of drug-likeness (QED) is 0.509. The number of methoxy groups -OCH3 is 2. The number of aromatic amines is 1. The number of nitrogens with one attached hydrogen (secondary N) is 2. The van der Waals surface area contributed by atoms with Gasteiger partial charge < -0.3 is 14.8 Å². The minimum Gasteiger partial charge on any atom is -0.497 e. The first-order chi connectivity index (χ1) is 13.0. The minimum atomic E-state index is -0.538. The lowest BCUT2D eigenvalue weighted by Gasteiger charge is -2.09. The highest BCUT2D eigenvalue weighted by Crippen LogP contribution is 2.29. The van der Waals surface area contributed by atoms with Crippen LogP contribution < -0.4 is 14.8 Å². The maximum atomic E-state index is 12.5. The molecule has 2 aromatic carbocycles. The summed E-state index contributed by atoms with van der Waals surface area (Å²) < 4.78 is 10.3. The molecule has 9 nitrogen and oxygen atoms in total. The Morgan fingerprint density at radius 1 is 1.15 bits per heavy atom. The van der Waals surface area contributed by atoms with E-state index in [-0.39, 0.29) is 17.1 Å². The van der Waals surface area contributed by atoms with Gasteiger partial charge in [0.1, 0.15) is 17.2 Å². The Labute approximate surface area is 154 Å². The number of non-ortho nitro benzene ring substituents is 1. The summed E-state index contributed by atoms with van der Waals surface area (Å²) in [6.07, 6.45) is 0. The first kappa shape index (κ1) is 17.9. The summed E-state index contributed by atoms with van der Waals surface area (Å²) in [6, 6.07) is 12.8. The molecule has 0 fully saturated rings. The van der Waals surface area contributed by atoms with Crippen molar-refractivity contribution in [2.24, 2.45) is 0 Å². The van der Waals surface area contributed by atoms with Crippen molar-refractivity contribution in [3.05, 3.63) is 64.3 Å². The molecular weight excluding hydrogens is 352 g/mol. The summed E-state index contributed by atoms with van der Waals surface area (Å²) in [4.78, 5) is 22.8. The summed E-state index contributed by atoms with van der Waals surface area (Å²) in [6.45, 7) is 0. The van der Waals surface area contributed by atoms with E-state index in [2.05, 4.69) is 15.5 Å². The van der Waals surface area contributed by atoms with Crippen molar-refractivity contribution in [2.75, 3.05) is 19.5 Å². The average Bonchev–Trinajstić information content (AvgIpc) is 3.18. The SMILES string of the molecule is COc1cccc(-c2cc(C(=O)Nc3ccc([N+](=O)[O-])cc3OC)[nH]n2)c1. The molecule has 9 heteroatoms. The van der Waals surface area contributed by atoms with E-state index in [4.69, 9.17) is 9.47 Å². The van der Waals surface area contributed by atoms with Gasteiger partial charge in [0.2, 0.25) is 0 Å². The van der Waals surface area contributed by atoms with Crippen LogP contribution in [0.4, 0.5) is 11.4 Å². The van der Waals surface area contributed by atoms with Crippen molar-refractivity contribution in [3.8, 4) is 22.8 Å². The molecule has 1 heterocycles. The third kappa shape index (κ3) is 3.87. The Morgan fingerprint density at radius 2 is 1.96 bits per heavy atom. The van der Waals surface area contributed by atoms with Gasteiger partial charge in [-0.3, -0.25) is 20.0 Å². The molecule has 3 rings (SSSR count). The normalized spacial score (nSPS) is 10.3. The van der Waals surface area contributed by atoms with Crippen molar-refractivity contribution in [2.45, 2.75) is 0 Å². The zero-order valence-corrected chi connectivity index (χ0v) is 14.6. The van der Waals surface area contributed by atoms with E-state index in [0.29, 0.717) is 17.1 Å². The topological polar surface area (TPSA) is 119 Å². The predicted octanol–water partition coefficient (Wildman–Crippen LogP) is 3.25. The fraction of sp³-hybridized carbons (Fsp3) is 0.111. The van der Waals surface area contributed by atoms with Gasteiger partial charge in [0.15, 0.2) is 0 Å². The van der Waals surface area contributed by atoms with Gasteiger partial charge in [-0.2, -0.15) is 5.10 Å². The van der Waals surface area contributed by atoms with Gasteiger partial charge in [0.25, 0.3) is 11.6 Å². The van der Waals surface area contributed by atoms with Crippen LogP contribution in [0.3, 0.4) is 0 Å². The second-order valence-corrected chi connectivity index (χ2v) is 5.49. The van der Waals surface area contributed by atoms with Gasteiger partial charge in [-0.05, 0) is 24.3 Å². The number of amides is 1. The third-order valence-corrected chi connectivity index (χ3v) is 3.83. The van der Waals surface area contributed by atoms with E-state index in [1.807, 2.05) is 18.2 Å². The standard InChI is InChI=1S/C18H16N4O5/c1-26-13-5-3-4-11(8-13)15-10-16(21-20-15)18(23)19-14-7-6-12(22(24)25)9-17(14)27-2/h3-10H,1-2H3,(H,19,23)(H,20,21). The number of benzene rings is 2. The number of carbonyl (C=O) groups excluding carboxylic acids is 1. The second-order valence-electron chi connectivity index (χ2n) is 5.49. The fourth-order valence-corrected chi connectivity index (χ4v) is 2.45. The van der Waals surface area contributed by atoms with Crippen molar-refractivity contribution in [1.82, 2.24) is 10.2 Å². The number of nitrogens with zero attached hydrogens (tertiary/aromatic N) is 2. The molecule has 0 radical (unpaired) electrons. The van der Waals surface area contributed by atoms with Gasteiger partial charge in [-0.1, -0.05) is 12.1 Å². The van der Waals surface area contributed by atoms with E-state index < -0.39 is 10.8 Å². The monoisotopic (exact) mass is 368 g/mol. The third-order valence-electron chi connectivity index (χ3n) is 3.83. The zero-order valence-electron chi connectivity index (χ0n) is 14.6. The van der Waals surface area contributed by atoms with Crippen LogP contribution in [0.15, 0.2) is 48.5 Å². The molecule has 0 bridgehead atoms. The maximum Gasteiger partial charge on any atom is 0.273 e. The Hall–Kier alpha value is -3.88. The van der Waals surface area contributed by atoms with E-state index in [1.54, 1.807) is 19.2 Å². The van der Waals surface area contributed by atoms with Crippen LogP contribution in [0.1, 0.15) is 10.5 Å². The Bertz CT molecular complexity index is 999. The molecular formula is C18H16N4O5. The zero-order chi connectivity index (χ0) is 19.4. The molecule has 0 spiro atoms. The molecule has 0 atom stereocenters. The minimum absolute atomic E-state index is 0.133. The summed E-state index contributed by atoms with van der Waals surface area (Å²) in [5.74, 6) is 0.408. The van der Waals surface area contributed by atoms with Gasteiger partial charge in [-0.15, -0.1) is 0 Å². The first-order valence-electron chi connectivity index (χ1n) is 7.85. The summed E-state index contributed by atoms with van der Waals surface area (Å²) in [7, 11) is 2.94. The van der Waals surface area contributed by atoms with E-state index in [1.165, 1.54) is 25.3 Å². The molecule has 0 unspecified atom stereocenters. The highest BCUT2D eigenvalue weighted by Gasteiger charge is 2.16. The molecule has 0 aliphatic heterocycles. The number of anilines is 1. The molecule has 1 amide bonds. The van der Waals surface area contributed by atoms with Crippen LogP contribution >= 0.6 is 0 Å². The smallest absolute Gasteiger partial charge is 0.273 e. The van der Waals surface area contributed by atoms with Gasteiger partial charge in [0, 0.05) is 11.6 Å². The molecule has 27 heavy (non-hydrogen) atoms. The fourth-order valence-electron chi connectivity index (χ4n) is 2.45. The van der Waals surface area contributed by atoms with Crippen molar-refractivity contribution < 1.29 is 19.2 Å². The van der Waals surface area contributed by atoms with Crippen molar-refractivity contribution in [3.63, 3.8) is 0 Å². The van der Waals surface area contributed by atoms with E-state index >= 15 is 0 Å². The number of ether oxygens (including phenoxy) is 2.